The molecule has 2 bridgehead atoms. The van der Waals surface area contributed by atoms with Gasteiger partial charge in [0.1, 0.15) is 18.5 Å². The Hall–Kier alpha value is -3.52. The first-order chi connectivity index (χ1) is 18.9. The lowest BCUT2D eigenvalue weighted by Gasteiger charge is -2.45. The van der Waals surface area contributed by atoms with Gasteiger partial charge in [-0.1, -0.05) is 13.0 Å². The van der Waals surface area contributed by atoms with Gasteiger partial charge in [-0.15, -0.1) is 0 Å². The van der Waals surface area contributed by atoms with Crippen LogP contribution in [0.4, 0.5) is 35.3 Å². The Balaban J connectivity index is 1.33. The van der Waals surface area contributed by atoms with Crippen LogP contribution in [-0.2, 0) is 9.47 Å². The molecule has 2 fully saturated rings. The van der Waals surface area contributed by atoms with Crippen LogP contribution in [0.15, 0.2) is 24.4 Å². The van der Waals surface area contributed by atoms with Crippen molar-refractivity contribution in [2.24, 2.45) is 5.92 Å². The van der Waals surface area contributed by atoms with Gasteiger partial charge in [-0.25, -0.2) is 14.8 Å². The number of piperidine rings is 1. The predicted molar refractivity (Wildman–Crippen MR) is 138 cm³/mol. The van der Waals surface area contributed by atoms with E-state index < -0.39 is 36.1 Å². The number of aromatic nitrogens is 3. The van der Waals surface area contributed by atoms with Gasteiger partial charge in [0.25, 0.3) is 0 Å². The van der Waals surface area contributed by atoms with E-state index in [4.69, 9.17) is 14.2 Å². The highest BCUT2D eigenvalue weighted by atomic mass is 19.4. The van der Waals surface area contributed by atoms with Crippen LogP contribution >= 0.6 is 0 Å². The summed E-state index contributed by atoms with van der Waals surface area (Å²) in [7, 11) is 0. The molecular formula is C26H31F3N6O5. The second-order valence-corrected chi connectivity index (χ2v) is 10.6. The van der Waals surface area contributed by atoms with E-state index in [-0.39, 0.29) is 42.1 Å². The zero-order chi connectivity index (χ0) is 28.7. The van der Waals surface area contributed by atoms with Crippen LogP contribution in [-0.4, -0.2) is 77.2 Å². The first-order valence-electron chi connectivity index (χ1n) is 13.1. The van der Waals surface area contributed by atoms with E-state index in [1.54, 1.807) is 18.2 Å². The molecule has 0 aliphatic carbocycles. The van der Waals surface area contributed by atoms with Crippen molar-refractivity contribution in [2.45, 2.75) is 64.1 Å². The Morgan fingerprint density at radius 2 is 2.08 bits per heavy atom. The minimum atomic E-state index is -4.52. The number of carbonyl (C=O) groups is 2. The number of pyridine rings is 1. The Morgan fingerprint density at radius 3 is 2.80 bits per heavy atom. The van der Waals surface area contributed by atoms with Crippen molar-refractivity contribution < 1.29 is 37.0 Å². The first-order valence-corrected chi connectivity index (χ1v) is 13.1. The lowest BCUT2D eigenvalue weighted by molar-refractivity contribution is -0.168. The normalized spacial score (nSPS) is 22.4. The number of halogens is 3. The Morgan fingerprint density at radius 1 is 1.27 bits per heavy atom. The molecule has 11 nitrogen and oxygen atoms in total. The summed E-state index contributed by atoms with van der Waals surface area (Å²) in [6.07, 6.45) is -2.64. The van der Waals surface area contributed by atoms with Gasteiger partial charge in [-0.2, -0.15) is 18.2 Å². The fourth-order valence-electron chi connectivity index (χ4n) is 4.96. The molecule has 2 aromatic rings. The molecule has 216 valence electrons. The van der Waals surface area contributed by atoms with E-state index in [9.17, 15) is 22.8 Å². The van der Waals surface area contributed by atoms with Crippen molar-refractivity contribution >= 4 is 29.1 Å². The molecule has 0 aromatic carbocycles. The Kier molecular flexibility index (Phi) is 7.57. The molecule has 5 heterocycles. The number of alkyl halides is 3. The monoisotopic (exact) mass is 564 g/mol. The van der Waals surface area contributed by atoms with Crippen molar-refractivity contribution in [3.05, 3.63) is 30.2 Å². The molecule has 0 spiro atoms. The standard InChI is InChI=1S/C26H31F3N6O5/c1-15(26(27,28)29)10-19(36)22-30-11-18-23(33-22)35(16-6-5-9-34(18)12-16)24(37)32-20-7-4-8-21(31-20)38-13-17-14-39-25(2,3)40-17/h4,7-8,11,15-17H,5-6,9-10,12-14H2,1-3H3,(H,31,32,37)/t15-,16-,17-/m0/s1. The van der Waals surface area contributed by atoms with E-state index in [0.717, 1.165) is 13.3 Å². The number of urea groups is 1. The van der Waals surface area contributed by atoms with Crippen LogP contribution in [0.1, 0.15) is 50.7 Å². The summed E-state index contributed by atoms with van der Waals surface area (Å²) in [5.74, 6) is -3.03. The van der Waals surface area contributed by atoms with Gasteiger partial charge in [0, 0.05) is 25.6 Å². The van der Waals surface area contributed by atoms with E-state index in [2.05, 4.69) is 20.3 Å². The van der Waals surface area contributed by atoms with Crippen LogP contribution in [0.25, 0.3) is 0 Å². The highest BCUT2D eigenvalue weighted by molar-refractivity contribution is 6.04. The van der Waals surface area contributed by atoms with Crippen LogP contribution in [0.5, 0.6) is 5.88 Å². The van der Waals surface area contributed by atoms with Gasteiger partial charge in [0.05, 0.1) is 30.5 Å². The van der Waals surface area contributed by atoms with E-state index >= 15 is 0 Å². The number of Topliss-reactive ketones (excluding diaryl/α,β-unsaturated/α-hetero) is 1. The summed E-state index contributed by atoms with van der Waals surface area (Å²) in [6.45, 7) is 6.43. The lowest BCUT2D eigenvalue weighted by atomic mass is 10.00. The average Bonchev–Trinajstić information content (AvgIpc) is 3.25. The fourth-order valence-corrected chi connectivity index (χ4v) is 4.96. The maximum absolute atomic E-state index is 13.6. The molecule has 0 radical (unpaired) electrons. The SMILES string of the molecule is C[C@@H](CC(=O)c1ncc2c(n1)N(C(=O)Nc1cccc(OC[C@H]3COC(C)(C)O3)n1)[C@H]1CCCN2C1)C(F)(F)F. The molecular weight excluding hydrogens is 533 g/mol. The van der Waals surface area contributed by atoms with E-state index in [1.807, 2.05) is 18.7 Å². The number of ether oxygens (including phenoxy) is 3. The minimum absolute atomic E-state index is 0.180. The van der Waals surface area contributed by atoms with Crippen molar-refractivity contribution in [1.29, 1.82) is 0 Å². The first kappa shape index (κ1) is 28.0. The third-order valence-electron chi connectivity index (χ3n) is 7.04. The maximum atomic E-state index is 13.6. The zero-order valence-electron chi connectivity index (χ0n) is 22.4. The molecule has 2 amide bonds. The maximum Gasteiger partial charge on any atom is 0.391 e. The summed E-state index contributed by atoms with van der Waals surface area (Å²) in [5.41, 5.74) is 0.540. The number of amides is 2. The molecule has 3 aliphatic heterocycles. The highest BCUT2D eigenvalue weighted by Crippen LogP contribution is 2.38. The number of ketones is 1. The summed E-state index contributed by atoms with van der Waals surface area (Å²) in [5, 5.41) is 2.77. The van der Waals surface area contributed by atoms with Crippen molar-refractivity contribution in [2.75, 3.05) is 41.4 Å². The topological polar surface area (TPSA) is 119 Å². The van der Waals surface area contributed by atoms with Gasteiger partial charge >= 0.3 is 12.2 Å². The van der Waals surface area contributed by atoms with Crippen LogP contribution in [0.3, 0.4) is 0 Å². The number of rotatable bonds is 7. The van der Waals surface area contributed by atoms with Gasteiger partial charge in [0.2, 0.25) is 11.7 Å². The smallest absolute Gasteiger partial charge is 0.391 e. The van der Waals surface area contributed by atoms with Crippen molar-refractivity contribution in [3.8, 4) is 5.88 Å². The number of anilines is 3. The summed E-state index contributed by atoms with van der Waals surface area (Å²) < 4.78 is 56.1. The fraction of sp³-hybridized carbons (Fsp3) is 0.577. The molecule has 0 saturated carbocycles. The number of hydrogen-bond donors (Lipinski definition) is 1. The van der Waals surface area contributed by atoms with Crippen LogP contribution in [0, 0.1) is 5.92 Å². The Labute approximate surface area is 229 Å². The van der Waals surface area contributed by atoms with Crippen molar-refractivity contribution in [3.63, 3.8) is 0 Å². The highest BCUT2D eigenvalue weighted by Gasteiger charge is 2.41. The van der Waals surface area contributed by atoms with Gasteiger partial charge in [-0.05, 0) is 32.8 Å². The zero-order valence-corrected chi connectivity index (χ0v) is 22.4. The molecule has 5 rings (SSSR count). The van der Waals surface area contributed by atoms with Crippen molar-refractivity contribution in [1.82, 2.24) is 15.0 Å². The summed E-state index contributed by atoms with van der Waals surface area (Å²) in [6, 6.07) is 4.15. The molecule has 14 heteroatoms. The van der Waals surface area contributed by atoms with E-state index in [0.29, 0.717) is 31.8 Å². The van der Waals surface area contributed by atoms with Gasteiger partial charge in [0.15, 0.2) is 17.4 Å². The lowest BCUT2D eigenvalue weighted by Crippen LogP contribution is -2.56. The van der Waals surface area contributed by atoms with Gasteiger partial charge in [-0.3, -0.25) is 15.0 Å². The molecule has 2 saturated heterocycles. The predicted octanol–water partition coefficient (Wildman–Crippen LogP) is 4.19. The van der Waals surface area contributed by atoms with Crippen LogP contribution < -0.4 is 19.9 Å². The third kappa shape index (κ3) is 6.12. The quantitative estimate of drug-likeness (QED) is 0.494. The third-order valence-corrected chi connectivity index (χ3v) is 7.04. The molecule has 40 heavy (non-hydrogen) atoms. The van der Waals surface area contributed by atoms with E-state index in [1.165, 1.54) is 11.1 Å². The Bertz CT molecular complexity index is 1280. The molecule has 3 atom stereocenters. The second-order valence-electron chi connectivity index (χ2n) is 10.6. The number of fused-ring (bicyclic) bond motifs is 4. The van der Waals surface area contributed by atoms with Crippen LogP contribution in [0.2, 0.25) is 0 Å². The number of carbonyl (C=O) groups excluding carboxylic acids is 2. The number of nitrogens with zero attached hydrogens (tertiary/aromatic N) is 5. The summed E-state index contributed by atoms with van der Waals surface area (Å²) in [4.78, 5) is 42.4. The molecule has 0 unspecified atom stereocenters. The largest absolute Gasteiger partial charge is 0.475 e. The average molecular weight is 565 g/mol. The number of nitrogens with one attached hydrogen (secondary N) is 1. The summed E-state index contributed by atoms with van der Waals surface area (Å²) >= 11 is 0. The van der Waals surface area contributed by atoms with Gasteiger partial charge < -0.3 is 19.1 Å². The second kappa shape index (κ2) is 10.8. The molecule has 3 aliphatic rings. The molecule has 2 aromatic heterocycles. The minimum Gasteiger partial charge on any atom is -0.475 e. The molecule has 1 N–H and O–H groups in total. The number of hydrogen-bond acceptors (Lipinski definition) is 9.